The zero-order chi connectivity index (χ0) is 10.6. The molecule has 0 radical (unpaired) electrons. The van der Waals surface area contributed by atoms with Crippen molar-refractivity contribution in [1.82, 2.24) is 9.97 Å². The van der Waals surface area contributed by atoms with Crippen LogP contribution in [0.3, 0.4) is 0 Å². The van der Waals surface area contributed by atoms with Crippen LogP contribution in [0.25, 0.3) is 0 Å². The van der Waals surface area contributed by atoms with Gasteiger partial charge in [-0.05, 0) is 26.2 Å². The van der Waals surface area contributed by atoms with E-state index in [-0.39, 0.29) is 0 Å². The molecule has 0 aromatic carbocycles. The van der Waals surface area contributed by atoms with Gasteiger partial charge in [0.1, 0.15) is 12.0 Å². The quantitative estimate of drug-likeness (QED) is 0.689. The van der Waals surface area contributed by atoms with Gasteiger partial charge < -0.3 is 0 Å². The molecular formula is C11H17N3. The summed E-state index contributed by atoms with van der Waals surface area (Å²) < 4.78 is 0. The Kier molecular flexibility index (Phi) is 3.74. The molecule has 0 aliphatic carbocycles. The van der Waals surface area contributed by atoms with E-state index in [4.69, 9.17) is 0 Å². The molecule has 0 amide bonds. The van der Waals surface area contributed by atoms with Gasteiger partial charge in [-0.2, -0.15) is 0 Å². The van der Waals surface area contributed by atoms with Crippen LogP contribution < -0.4 is 0 Å². The normalized spacial score (nSPS) is 13.4. The Labute approximate surface area is 85.3 Å². The average molecular weight is 191 g/mol. The molecule has 76 valence electrons. The van der Waals surface area contributed by atoms with Gasteiger partial charge in [-0.15, -0.1) is 0 Å². The second kappa shape index (κ2) is 4.84. The Bertz CT molecular complexity index is 311. The van der Waals surface area contributed by atoms with E-state index in [2.05, 4.69) is 28.8 Å². The van der Waals surface area contributed by atoms with Crippen molar-refractivity contribution in [3.8, 4) is 0 Å². The SMILES string of the molecule is CC[C@H](C)/C=N\c1c(C)ncnc1C. The summed E-state index contributed by atoms with van der Waals surface area (Å²) in [6.45, 7) is 8.21. The molecule has 0 fully saturated rings. The van der Waals surface area contributed by atoms with Crippen molar-refractivity contribution in [3.05, 3.63) is 17.7 Å². The second-order valence-corrected chi connectivity index (χ2v) is 3.56. The van der Waals surface area contributed by atoms with Crippen LogP contribution >= 0.6 is 0 Å². The third-order valence-electron chi connectivity index (χ3n) is 2.29. The summed E-state index contributed by atoms with van der Waals surface area (Å²) in [6.07, 6.45) is 4.65. The number of nitrogens with zero attached hydrogens (tertiary/aromatic N) is 3. The highest BCUT2D eigenvalue weighted by molar-refractivity contribution is 5.66. The van der Waals surface area contributed by atoms with Crippen LogP contribution in [0.4, 0.5) is 5.69 Å². The minimum atomic E-state index is 0.508. The van der Waals surface area contributed by atoms with Gasteiger partial charge in [-0.1, -0.05) is 13.8 Å². The van der Waals surface area contributed by atoms with Crippen LogP contribution in [0.15, 0.2) is 11.3 Å². The molecule has 0 spiro atoms. The largest absolute Gasteiger partial charge is 0.257 e. The van der Waals surface area contributed by atoms with Crippen molar-refractivity contribution >= 4 is 11.9 Å². The van der Waals surface area contributed by atoms with Crippen LogP contribution in [0.5, 0.6) is 0 Å². The molecule has 1 rings (SSSR count). The highest BCUT2D eigenvalue weighted by Gasteiger charge is 2.02. The topological polar surface area (TPSA) is 38.1 Å². The van der Waals surface area contributed by atoms with Crippen molar-refractivity contribution in [1.29, 1.82) is 0 Å². The van der Waals surface area contributed by atoms with Crippen LogP contribution in [0.2, 0.25) is 0 Å². The van der Waals surface area contributed by atoms with E-state index in [1.54, 1.807) is 6.33 Å². The lowest BCUT2D eigenvalue weighted by Crippen LogP contribution is -1.94. The van der Waals surface area contributed by atoms with Gasteiger partial charge in [0.2, 0.25) is 0 Å². The monoisotopic (exact) mass is 191 g/mol. The van der Waals surface area contributed by atoms with E-state index in [1.165, 1.54) is 0 Å². The van der Waals surface area contributed by atoms with Crippen LogP contribution in [-0.4, -0.2) is 16.2 Å². The molecule has 1 heterocycles. The van der Waals surface area contributed by atoms with Gasteiger partial charge in [-0.25, -0.2) is 9.97 Å². The number of hydrogen-bond acceptors (Lipinski definition) is 3. The summed E-state index contributed by atoms with van der Waals surface area (Å²) in [5, 5.41) is 0. The minimum Gasteiger partial charge on any atom is -0.257 e. The summed E-state index contributed by atoms with van der Waals surface area (Å²) >= 11 is 0. The zero-order valence-electron chi connectivity index (χ0n) is 9.28. The summed E-state index contributed by atoms with van der Waals surface area (Å²) in [5.74, 6) is 0.508. The van der Waals surface area contributed by atoms with Gasteiger partial charge in [0.15, 0.2) is 0 Å². The first-order chi connectivity index (χ1) is 6.65. The molecule has 0 bridgehead atoms. The molecular weight excluding hydrogens is 174 g/mol. The van der Waals surface area contributed by atoms with Gasteiger partial charge in [0.05, 0.1) is 11.4 Å². The Morgan fingerprint density at radius 2 is 1.93 bits per heavy atom. The molecule has 3 heteroatoms. The molecule has 3 nitrogen and oxygen atoms in total. The second-order valence-electron chi connectivity index (χ2n) is 3.56. The molecule has 1 aromatic heterocycles. The fraction of sp³-hybridized carbons (Fsp3) is 0.545. The Morgan fingerprint density at radius 3 is 2.43 bits per heavy atom. The number of hydrogen-bond donors (Lipinski definition) is 0. The lowest BCUT2D eigenvalue weighted by Gasteiger charge is -2.03. The lowest BCUT2D eigenvalue weighted by molar-refractivity contribution is 0.754. The molecule has 14 heavy (non-hydrogen) atoms. The van der Waals surface area contributed by atoms with Crippen molar-refractivity contribution < 1.29 is 0 Å². The van der Waals surface area contributed by atoms with Crippen LogP contribution in [0, 0.1) is 19.8 Å². The molecule has 1 aromatic rings. The third-order valence-corrected chi connectivity index (χ3v) is 2.29. The van der Waals surface area contributed by atoms with Crippen LogP contribution in [0.1, 0.15) is 31.7 Å². The lowest BCUT2D eigenvalue weighted by atomic mass is 10.1. The van der Waals surface area contributed by atoms with Crippen molar-refractivity contribution in [2.75, 3.05) is 0 Å². The Hall–Kier alpha value is -1.25. The maximum atomic E-state index is 4.43. The van der Waals surface area contributed by atoms with Crippen molar-refractivity contribution in [2.45, 2.75) is 34.1 Å². The van der Waals surface area contributed by atoms with Gasteiger partial charge in [0, 0.05) is 6.21 Å². The average Bonchev–Trinajstić information content (AvgIpc) is 2.16. The van der Waals surface area contributed by atoms with E-state index < -0.39 is 0 Å². The van der Waals surface area contributed by atoms with Crippen molar-refractivity contribution in [2.24, 2.45) is 10.9 Å². The first kappa shape index (κ1) is 10.8. The summed E-state index contributed by atoms with van der Waals surface area (Å²) in [4.78, 5) is 12.7. The first-order valence-electron chi connectivity index (χ1n) is 4.97. The van der Waals surface area contributed by atoms with E-state index in [0.717, 1.165) is 23.5 Å². The molecule has 0 unspecified atom stereocenters. The molecule has 0 saturated carbocycles. The van der Waals surface area contributed by atoms with Gasteiger partial charge in [0.25, 0.3) is 0 Å². The maximum Gasteiger partial charge on any atom is 0.116 e. The third kappa shape index (κ3) is 2.62. The fourth-order valence-corrected chi connectivity index (χ4v) is 1.08. The minimum absolute atomic E-state index is 0.508. The van der Waals surface area contributed by atoms with E-state index in [0.29, 0.717) is 5.92 Å². The zero-order valence-corrected chi connectivity index (χ0v) is 9.28. The summed E-state index contributed by atoms with van der Waals surface area (Å²) in [5.41, 5.74) is 2.79. The number of rotatable bonds is 3. The Balaban J connectivity index is 2.91. The van der Waals surface area contributed by atoms with E-state index in [1.807, 2.05) is 20.1 Å². The maximum absolute atomic E-state index is 4.43. The molecule has 0 aliphatic rings. The summed E-state index contributed by atoms with van der Waals surface area (Å²) in [6, 6.07) is 0. The molecule has 0 aliphatic heterocycles. The van der Waals surface area contributed by atoms with E-state index >= 15 is 0 Å². The molecule has 0 N–H and O–H groups in total. The predicted octanol–water partition coefficient (Wildman–Crippen LogP) is 2.84. The fourth-order valence-electron chi connectivity index (χ4n) is 1.08. The van der Waals surface area contributed by atoms with Crippen LogP contribution in [-0.2, 0) is 0 Å². The predicted molar refractivity (Wildman–Crippen MR) is 59.1 cm³/mol. The van der Waals surface area contributed by atoms with E-state index in [9.17, 15) is 0 Å². The van der Waals surface area contributed by atoms with Gasteiger partial charge >= 0.3 is 0 Å². The highest BCUT2D eigenvalue weighted by Crippen LogP contribution is 2.18. The Morgan fingerprint density at radius 1 is 1.36 bits per heavy atom. The first-order valence-corrected chi connectivity index (χ1v) is 4.97. The summed E-state index contributed by atoms with van der Waals surface area (Å²) in [7, 11) is 0. The van der Waals surface area contributed by atoms with Gasteiger partial charge in [-0.3, -0.25) is 4.99 Å². The standard InChI is InChI=1S/C11H17N3/c1-5-8(2)6-12-11-9(3)13-7-14-10(11)4/h6-8H,5H2,1-4H3/b12-6-/t8-/m0/s1. The smallest absolute Gasteiger partial charge is 0.116 e. The molecule has 0 saturated heterocycles. The van der Waals surface area contributed by atoms with Crippen molar-refractivity contribution in [3.63, 3.8) is 0 Å². The number of aryl methyl sites for hydroxylation is 2. The number of aliphatic imine (C=N–C) groups is 1. The highest BCUT2D eigenvalue weighted by atomic mass is 14.9. The number of aromatic nitrogens is 2. The molecule has 1 atom stereocenters.